The lowest BCUT2D eigenvalue weighted by molar-refractivity contribution is -0.123. The fourth-order valence-corrected chi connectivity index (χ4v) is 1.56. The van der Waals surface area contributed by atoms with Crippen LogP contribution in [0.2, 0.25) is 0 Å². The first-order valence-corrected chi connectivity index (χ1v) is 7.00. The summed E-state index contributed by atoms with van der Waals surface area (Å²) in [6.07, 6.45) is 0.358. The Hall–Kier alpha value is -1.10. The minimum absolute atomic E-state index is 0.0347. The Labute approximate surface area is 117 Å². The van der Waals surface area contributed by atoms with Crippen LogP contribution in [0.25, 0.3) is 0 Å². The van der Waals surface area contributed by atoms with E-state index in [1.165, 1.54) is 0 Å². The van der Waals surface area contributed by atoms with Gasteiger partial charge in [-0.25, -0.2) is 0 Å². The van der Waals surface area contributed by atoms with Crippen molar-refractivity contribution in [3.63, 3.8) is 0 Å². The van der Waals surface area contributed by atoms with Crippen molar-refractivity contribution in [1.29, 1.82) is 0 Å². The molecule has 0 bridgehead atoms. The number of hydrogen-bond donors (Lipinski definition) is 3. The molecule has 116 valence electrons. The van der Waals surface area contributed by atoms with E-state index in [2.05, 4.69) is 5.32 Å². The van der Waals surface area contributed by atoms with Gasteiger partial charge in [0.25, 0.3) is 6.47 Å². The lowest BCUT2D eigenvalue weighted by Crippen LogP contribution is -2.39. The number of carboxylic acid groups (broad SMARTS) is 1. The summed E-state index contributed by atoms with van der Waals surface area (Å²) in [6.45, 7) is 13.6. The van der Waals surface area contributed by atoms with Crippen molar-refractivity contribution >= 4 is 12.4 Å². The van der Waals surface area contributed by atoms with Crippen LogP contribution in [0.15, 0.2) is 0 Å². The predicted molar refractivity (Wildman–Crippen MR) is 77.9 cm³/mol. The van der Waals surface area contributed by atoms with Crippen LogP contribution in [0.5, 0.6) is 0 Å². The van der Waals surface area contributed by atoms with Gasteiger partial charge in [-0.15, -0.1) is 0 Å². The topological polar surface area (TPSA) is 86.6 Å². The molecule has 3 atom stereocenters. The third kappa shape index (κ3) is 10.5. The van der Waals surface area contributed by atoms with Crippen molar-refractivity contribution in [2.75, 3.05) is 0 Å². The van der Waals surface area contributed by atoms with Gasteiger partial charge in [0.05, 0.1) is 12.1 Å². The lowest BCUT2D eigenvalue weighted by atomic mass is 9.96. The van der Waals surface area contributed by atoms with E-state index in [-0.39, 0.29) is 30.3 Å². The molecule has 3 N–H and O–H groups in total. The zero-order valence-electron chi connectivity index (χ0n) is 13.3. The minimum Gasteiger partial charge on any atom is -0.483 e. The van der Waals surface area contributed by atoms with E-state index < -0.39 is 6.10 Å². The van der Waals surface area contributed by atoms with Crippen LogP contribution in [0.1, 0.15) is 54.9 Å². The summed E-state index contributed by atoms with van der Waals surface area (Å²) in [5, 5.41) is 19.3. The summed E-state index contributed by atoms with van der Waals surface area (Å²) in [4.78, 5) is 19.5. The van der Waals surface area contributed by atoms with E-state index in [0.717, 1.165) is 6.42 Å². The van der Waals surface area contributed by atoms with Gasteiger partial charge in [0.15, 0.2) is 0 Å². The molecule has 0 saturated carbocycles. The molecule has 1 aliphatic heterocycles. The van der Waals surface area contributed by atoms with Gasteiger partial charge in [-0.1, -0.05) is 48.5 Å². The number of aliphatic hydroxyl groups excluding tert-OH is 1. The molecule has 0 aliphatic carbocycles. The van der Waals surface area contributed by atoms with Crippen LogP contribution < -0.4 is 5.32 Å². The van der Waals surface area contributed by atoms with Gasteiger partial charge in [-0.2, -0.15) is 0 Å². The molecule has 19 heavy (non-hydrogen) atoms. The number of aliphatic hydroxyl groups is 1. The molecule has 0 aromatic carbocycles. The van der Waals surface area contributed by atoms with Crippen molar-refractivity contribution in [1.82, 2.24) is 5.32 Å². The first kappa shape index (κ1) is 23.0. The third-order valence-electron chi connectivity index (χ3n) is 2.48. The summed E-state index contributed by atoms with van der Waals surface area (Å²) in [6, 6.07) is -0.0347. The number of hydrogen-bond acceptors (Lipinski definition) is 3. The molecule has 1 amide bonds. The lowest BCUT2D eigenvalue weighted by Gasteiger charge is -2.21. The summed E-state index contributed by atoms with van der Waals surface area (Å²) in [5.74, 6) is 0.337. The van der Waals surface area contributed by atoms with Crippen molar-refractivity contribution in [2.24, 2.45) is 11.8 Å². The maximum atomic E-state index is 11.1. The van der Waals surface area contributed by atoms with Crippen LogP contribution >= 0.6 is 0 Å². The number of carbonyl (C=O) groups is 2. The molecule has 0 spiro atoms. The van der Waals surface area contributed by atoms with Gasteiger partial charge in [0, 0.05) is 5.92 Å². The third-order valence-corrected chi connectivity index (χ3v) is 2.48. The first-order valence-electron chi connectivity index (χ1n) is 7.00. The molecular formula is C14H31NO4. The predicted octanol–water partition coefficient (Wildman–Crippen LogP) is 2.28. The standard InChI is InChI=1S/C9H17NO2.2C2H6.CH2O2/c1-5(2)8(11)7-4-6(3)9(12)10-7;2*1-2;2-1-3/h5-8,11H,4H2,1-3H3,(H,10,12);2*1-2H3;1H,(H,2,3)/t6-,7?,8?;;;/m1.../s1. The number of nitrogens with one attached hydrogen (secondary N) is 1. The summed E-state index contributed by atoms with van der Waals surface area (Å²) >= 11 is 0. The molecule has 5 heteroatoms. The monoisotopic (exact) mass is 277 g/mol. The summed E-state index contributed by atoms with van der Waals surface area (Å²) in [7, 11) is 0. The fraction of sp³-hybridized carbons (Fsp3) is 0.857. The molecule has 2 unspecified atom stereocenters. The van der Waals surface area contributed by atoms with Gasteiger partial charge in [0.1, 0.15) is 0 Å². The van der Waals surface area contributed by atoms with E-state index in [4.69, 9.17) is 9.90 Å². The molecule has 1 fully saturated rings. The Morgan fingerprint density at radius 1 is 1.26 bits per heavy atom. The zero-order valence-corrected chi connectivity index (χ0v) is 13.3. The second-order valence-corrected chi connectivity index (χ2v) is 4.09. The van der Waals surface area contributed by atoms with E-state index >= 15 is 0 Å². The fourth-order valence-electron chi connectivity index (χ4n) is 1.56. The first-order chi connectivity index (χ1) is 8.93. The van der Waals surface area contributed by atoms with Gasteiger partial charge < -0.3 is 15.5 Å². The number of rotatable bonds is 2. The van der Waals surface area contributed by atoms with Crippen LogP contribution in [-0.2, 0) is 9.59 Å². The van der Waals surface area contributed by atoms with Gasteiger partial charge in [-0.3, -0.25) is 9.59 Å². The Balaban J connectivity index is -0.000000313. The zero-order chi connectivity index (χ0) is 16.0. The largest absolute Gasteiger partial charge is 0.483 e. The molecule has 5 nitrogen and oxygen atoms in total. The van der Waals surface area contributed by atoms with E-state index in [9.17, 15) is 9.90 Å². The Morgan fingerprint density at radius 3 is 1.84 bits per heavy atom. The molecule has 1 heterocycles. The summed E-state index contributed by atoms with van der Waals surface area (Å²) in [5.41, 5.74) is 0. The van der Waals surface area contributed by atoms with E-state index in [1.54, 1.807) is 0 Å². The highest BCUT2D eigenvalue weighted by atomic mass is 16.3. The normalized spacial score (nSPS) is 21.6. The van der Waals surface area contributed by atoms with Crippen molar-refractivity contribution in [3.05, 3.63) is 0 Å². The average Bonchev–Trinajstić information content (AvgIpc) is 2.74. The highest BCUT2D eigenvalue weighted by Crippen LogP contribution is 2.20. The van der Waals surface area contributed by atoms with Crippen LogP contribution in [0.4, 0.5) is 0 Å². The smallest absolute Gasteiger partial charge is 0.290 e. The number of carbonyl (C=O) groups excluding carboxylic acids is 1. The minimum atomic E-state index is -0.404. The average molecular weight is 277 g/mol. The van der Waals surface area contributed by atoms with Crippen LogP contribution in [0.3, 0.4) is 0 Å². The maximum Gasteiger partial charge on any atom is 0.290 e. The van der Waals surface area contributed by atoms with Crippen molar-refractivity contribution in [3.8, 4) is 0 Å². The van der Waals surface area contributed by atoms with Crippen LogP contribution in [0, 0.1) is 11.8 Å². The SMILES string of the molecule is CC.CC.CC(C)C(O)C1C[C@@H](C)C(=O)N1.O=CO. The van der Waals surface area contributed by atoms with Crippen molar-refractivity contribution < 1.29 is 19.8 Å². The summed E-state index contributed by atoms with van der Waals surface area (Å²) < 4.78 is 0. The highest BCUT2D eigenvalue weighted by molar-refractivity contribution is 5.80. The molecule has 0 aromatic heterocycles. The molecule has 1 aliphatic rings. The van der Waals surface area contributed by atoms with E-state index in [1.807, 2.05) is 48.5 Å². The molecular weight excluding hydrogens is 246 g/mol. The Morgan fingerprint density at radius 2 is 1.63 bits per heavy atom. The van der Waals surface area contributed by atoms with E-state index in [0.29, 0.717) is 0 Å². The molecule has 0 aromatic rings. The van der Waals surface area contributed by atoms with Gasteiger partial charge in [-0.05, 0) is 12.3 Å². The molecule has 1 saturated heterocycles. The second kappa shape index (κ2) is 15.0. The molecule has 1 rings (SSSR count). The van der Waals surface area contributed by atoms with Gasteiger partial charge in [0.2, 0.25) is 5.91 Å². The Bertz CT molecular complexity index is 219. The second-order valence-electron chi connectivity index (χ2n) is 4.09. The van der Waals surface area contributed by atoms with Gasteiger partial charge >= 0.3 is 0 Å². The molecule has 0 radical (unpaired) electrons. The van der Waals surface area contributed by atoms with Crippen molar-refractivity contribution in [2.45, 2.75) is 67.0 Å². The Kier molecular flexibility index (Phi) is 18.1. The quantitative estimate of drug-likeness (QED) is 0.676. The van der Waals surface area contributed by atoms with Crippen LogP contribution in [-0.4, -0.2) is 34.7 Å². The number of amides is 1. The highest BCUT2D eigenvalue weighted by Gasteiger charge is 2.33. The maximum absolute atomic E-state index is 11.1.